The molecule has 0 aliphatic rings. The Hall–Kier alpha value is -1.08. The van der Waals surface area contributed by atoms with Crippen LogP contribution in [-0.4, -0.2) is 24.2 Å². The van der Waals surface area contributed by atoms with Gasteiger partial charge in [-0.15, -0.1) is 0 Å². The highest BCUT2D eigenvalue weighted by atomic mass is 16.3. The van der Waals surface area contributed by atoms with Crippen molar-refractivity contribution >= 4 is 5.91 Å². The lowest BCUT2D eigenvalue weighted by Crippen LogP contribution is -2.39. The number of carbonyl (C=O) groups is 1. The molecule has 16 heavy (non-hydrogen) atoms. The molecule has 0 bridgehead atoms. The molecule has 2 N–H and O–H groups in total. The van der Waals surface area contributed by atoms with Crippen molar-refractivity contribution < 1.29 is 9.90 Å². The lowest BCUT2D eigenvalue weighted by atomic mass is 9.89. The zero-order chi connectivity index (χ0) is 12.8. The summed E-state index contributed by atoms with van der Waals surface area (Å²) in [6, 6.07) is 2.01. The van der Waals surface area contributed by atoms with Crippen LogP contribution in [0.4, 0.5) is 0 Å². The first-order valence-electron chi connectivity index (χ1n) is 5.62. The van der Waals surface area contributed by atoms with Gasteiger partial charge < -0.3 is 10.4 Å². The van der Waals surface area contributed by atoms with Crippen LogP contribution in [0, 0.1) is 28.6 Å². The van der Waals surface area contributed by atoms with E-state index in [9.17, 15) is 4.79 Å². The molecule has 0 saturated heterocycles. The van der Waals surface area contributed by atoms with Crippen LogP contribution in [0.5, 0.6) is 0 Å². The summed E-state index contributed by atoms with van der Waals surface area (Å²) < 4.78 is 0. The number of nitriles is 1. The fourth-order valence-electron chi connectivity index (χ4n) is 1.34. The number of nitrogens with zero attached hydrogens (tertiary/aromatic N) is 1. The van der Waals surface area contributed by atoms with Crippen LogP contribution in [0.3, 0.4) is 0 Å². The Morgan fingerprint density at radius 2 is 2.06 bits per heavy atom. The maximum absolute atomic E-state index is 11.7. The molecule has 0 radical (unpaired) electrons. The van der Waals surface area contributed by atoms with Gasteiger partial charge in [0.25, 0.3) is 0 Å². The minimum absolute atomic E-state index is 0.0194. The molecule has 0 fully saturated rings. The SMILES string of the molecule is CC(C)C(C#N)C(=O)NCC(C)(C)CCO. The van der Waals surface area contributed by atoms with E-state index in [1.807, 2.05) is 33.8 Å². The van der Waals surface area contributed by atoms with Crippen LogP contribution in [0.25, 0.3) is 0 Å². The summed E-state index contributed by atoms with van der Waals surface area (Å²) in [6.45, 7) is 8.24. The molecule has 0 aliphatic heterocycles. The second-order valence-electron chi connectivity index (χ2n) is 5.21. The Morgan fingerprint density at radius 3 is 2.44 bits per heavy atom. The van der Waals surface area contributed by atoms with E-state index in [0.717, 1.165) is 0 Å². The number of rotatable bonds is 6. The highest BCUT2D eigenvalue weighted by Gasteiger charge is 2.24. The maximum Gasteiger partial charge on any atom is 0.237 e. The quantitative estimate of drug-likeness (QED) is 0.717. The summed E-state index contributed by atoms with van der Waals surface area (Å²) in [4.78, 5) is 11.7. The second kappa shape index (κ2) is 6.49. The highest BCUT2D eigenvalue weighted by molar-refractivity contribution is 5.81. The van der Waals surface area contributed by atoms with Gasteiger partial charge in [0.15, 0.2) is 0 Å². The third-order valence-corrected chi connectivity index (χ3v) is 2.62. The summed E-state index contributed by atoms with van der Waals surface area (Å²) in [5.74, 6) is -0.792. The zero-order valence-electron chi connectivity index (χ0n) is 10.6. The monoisotopic (exact) mass is 226 g/mol. The van der Waals surface area contributed by atoms with Gasteiger partial charge >= 0.3 is 0 Å². The average Bonchev–Trinajstić information content (AvgIpc) is 2.15. The average molecular weight is 226 g/mol. The molecule has 0 aliphatic carbocycles. The minimum atomic E-state index is -0.593. The normalized spacial score (nSPS) is 13.3. The summed E-state index contributed by atoms with van der Waals surface area (Å²) in [5, 5.41) is 20.5. The molecule has 1 atom stereocenters. The van der Waals surface area contributed by atoms with Crippen molar-refractivity contribution in [2.45, 2.75) is 34.1 Å². The first-order chi connectivity index (χ1) is 7.34. The Kier molecular flexibility index (Phi) is 6.05. The number of hydrogen-bond acceptors (Lipinski definition) is 3. The number of amides is 1. The fraction of sp³-hybridized carbons (Fsp3) is 0.833. The van der Waals surface area contributed by atoms with Crippen molar-refractivity contribution in [3.8, 4) is 6.07 Å². The maximum atomic E-state index is 11.7. The van der Waals surface area contributed by atoms with Crippen molar-refractivity contribution in [3.63, 3.8) is 0 Å². The Morgan fingerprint density at radius 1 is 1.50 bits per heavy atom. The third kappa shape index (κ3) is 5.13. The predicted molar refractivity (Wildman–Crippen MR) is 62.4 cm³/mol. The summed E-state index contributed by atoms with van der Waals surface area (Å²) in [7, 11) is 0. The van der Waals surface area contributed by atoms with Crippen molar-refractivity contribution in [1.82, 2.24) is 5.32 Å². The van der Waals surface area contributed by atoms with E-state index in [0.29, 0.717) is 13.0 Å². The van der Waals surface area contributed by atoms with E-state index in [1.165, 1.54) is 0 Å². The van der Waals surface area contributed by atoms with Crippen LogP contribution >= 0.6 is 0 Å². The van der Waals surface area contributed by atoms with Gasteiger partial charge in [0.05, 0.1) is 6.07 Å². The standard InChI is InChI=1S/C12H22N2O2/c1-9(2)10(7-13)11(16)14-8-12(3,4)5-6-15/h9-10,15H,5-6,8H2,1-4H3,(H,14,16). The largest absolute Gasteiger partial charge is 0.396 e. The third-order valence-electron chi connectivity index (χ3n) is 2.62. The molecule has 0 aromatic carbocycles. The van der Waals surface area contributed by atoms with E-state index >= 15 is 0 Å². The van der Waals surface area contributed by atoms with Gasteiger partial charge in [-0.2, -0.15) is 5.26 Å². The van der Waals surface area contributed by atoms with Crippen LogP contribution in [-0.2, 0) is 4.79 Å². The Labute approximate surface area is 97.7 Å². The van der Waals surface area contributed by atoms with Crippen molar-refractivity contribution in [2.24, 2.45) is 17.3 Å². The topological polar surface area (TPSA) is 73.1 Å². The van der Waals surface area contributed by atoms with Crippen LogP contribution in [0.2, 0.25) is 0 Å². The van der Waals surface area contributed by atoms with E-state index in [2.05, 4.69) is 5.32 Å². The molecule has 4 nitrogen and oxygen atoms in total. The lowest BCUT2D eigenvalue weighted by molar-refractivity contribution is -0.124. The first-order valence-corrected chi connectivity index (χ1v) is 5.62. The molecule has 0 heterocycles. The van der Waals surface area contributed by atoms with Crippen LogP contribution in [0.1, 0.15) is 34.1 Å². The first kappa shape index (κ1) is 14.9. The summed E-state index contributed by atoms with van der Waals surface area (Å²) >= 11 is 0. The van der Waals surface area contributed by atoms with Gasteiger partial charge in [-0.3, -0.25) is 4.79 Å². The minimum Gasteiger partial charge on any atom is -0.396 e. The summed E-state index contributed by atoms with van der Waals surface area (Å²) in [6.07, 6.45) is 0.631. The number of hydrogen-bond donors (Lipinski definition) is 2. The molecule has 92 valence electrons. The van der Waals surface area contributed by atoms with Gasteiger partial charge in [-0.25, -0.2) is 0 Å². The van der Waals surface area contributed by atoms with Gasteiger partial charge in [-0.1, -0.05) is 27.7 Å². The van der Waals surface area contributed by atoms with E-state index in [-0.39, 0.29) is 23.8 Å². The summed E-state index contributed by atoms with van der Waals surface area (Å²) in [5.41, 5.74) is -0.138. The number of carbonyl (C=O) groups excluding carboxylic acids is 1. The molecule has 4 heteroatoms. The number of aliphatic hydroxyl groups is 1. The van der Waals surface area contributed by atoms with Gasteiger partial charge in [0.2, 0.25) is 5.91 Å². The Bertz CT molecular complexity index is 267. The van der Waals surface area contributed by atoms with Gasteiger partial charge in [-0.05, 0) is 17.8 Å². The molecule has 1 unspecified atom stereocenters. The number of nitrogens with one attached hydrogen (secondary N) is 1. The van der Waals surface area contributed by atoms with Crippen LogP contribution < -0.4 is 5.32 Å². The van der Waals surface area contributed by atoms with Crippen molar-refractivity contribution in [2.75, 3.05) is 13.2 Å². The number of aliphatic hydroxyl groups excluding tert-OH is 1. The Balaban J connectivity index is 4.21. The van der Waals surface area contributed by atoms with Gasteiger partial charge in [0.1, 0.15) is 5.92 Å². The molecular formula is C12H22N2O2. The lowest BCUT2D eigenvalue weighted by Gasteiger charge is -2.25. The second-order valence-corrected chi connectivity index (χ2v) is 5.21. The fourth-order valence-corrected chi connectivity index (χ4v) is 1.34. The van der Waals surface area contributed by atoms with Crippen molar-refractivity contribution in [3.05, 3.63) is 0 Å². The molecule has 0 aromatic rings. The van der Waals surface area contributed by atoms with Gasteiger partial charge in [0, 0.05) is 13.2 Å². The van der Waals surface area contributed by atoms with E-state index in [4.69, 9.17) is 10.4 Å². The highest BCUT2D eigenvalue weighted by Crippen LogP contribution is 2.18. The molecular weight excluding hydrogens is 204 g/mol. The van der Waals surface area contributed by atoms with E-state index < -0.39 is 5.92 Å². The molecule has 1 amide bonds. The van der Waals surface area contributed by atoms with Crippen LogP contribution in [0.15, 0.2) is 0 Å². The smallest absolute Gasteiger partial charge is 0.237 e. The predicted octanol–water partition coefficient (Wildman–Crippen LogP) is 1.31. The van der Waals surface area contributed by atoms with E-state index in [1.54, 1.807) is 0 Å². The molecule has 0 rings (SSSR count). The molecule has 0 saturated carbocycles. The molecule has 0 spiro atoms. The zero-order valence-corrected chi connectivity index (χ0v) is 10.6. The molecule has 0 aromatic heterocycles. The van der Waals surface area contributed by atoms with Crippen molar-refractivity contribution in [1.29, 1.82) is 5.26 Å².